The molecule has 0 aliphatic heterocycles. The first kappa shape index (κ1) is 20.7. The highest BCUT2D eigenvalue weighted by Gasteiger charge is 2.11. The number of para-hydroxylation sites is 1. The van der Waals surface area contributed by atoms with Crippen molar-refractivity contribution in [3.05, 3.63) is 65.4 Å². The monoisotopic (exact) mass is 387 g/mol. The maximum atomic E-state index is 13.6. The average molecular weight is 387 g/mol. The molecule has 146 valence electrons. The number of rotatable bonds is 8. The number of hydrogen-bond acceptors (Lipinski definition) is 5. The third kappa shape index (κ3) is 5.20. The summed E-state index contributed by atoms with van der Waals surface area (Å²) in [7, 11) is 3.06. The van der Waals surface area contributed by atoms with E-state index in [1.54, 1.807) is 18.2 Å². The minimum atomic E-state index is -0.831. The van der Waals surface area contributed by atoms with Gasteiger partial charge in [0.15, 0.2) is 11.5 Å². The molecule has 0 saturated heterocycles. The predicted octanol–water partition coefficient (Wildman–Crippen LogP) is 3.16. The standard InChI is InChI=1S/C20H19F2N3O3/c1-27-17-7-6-13(10-18(17)28-2)8-9-24-20(26)14(11-23)12-25-19-15(21)4-3-5-16(19)22/h3-7,10,12,25H,8-9H2,1-2H3,(H,24,26)/b14-12-. The Hall–Kier alpha value is -3.60. The van der Waals surface area contributed by atoms with Crippen molar-refractivity contribution < 1.29 is 23.0 Å². The second-order valence-corrected chi connectivity index (χ2v) is 5.61. The summed E-state index contributed by atoms with van der Waals surface area (Å²) in [4.78, 5) is 12.1. The SMILES string of the molecule is COc1ccc(CCNC(=O)/C(C#N)=C\Nc2c(F)cccc2F)cc1OC. The van der Waals surface area contributed by atoms with E-state index in [9.17, 15) is 13.6 Å². The summed E-state index contributed by atoms with van der Waals surface area (Å²) in [6, 6.07) is 10.4. The molecule has 28 heavy (non-hydrogen) atoms. The molecule has 0 aliphatic rings. The normalized spacial score (nSPS) is 10.8. The second kappa shape index (κ2) is 9.92. The van der Waals surface area contributed by atoms with Crippen molar-refractivity contribution in [2.75, 3.05) is 26.1 Å². The fourth-order valence-electron chi connectivity index (χ4n) is 2.38. The number of anilines is 1. The van der Waals surface area contributed by atoms with Gasteiger partial charge in [0.1, 0.15) is 29.0 Å². The molecular formula is C20H19F2N3O3. The summed E-state index contributed by atoms with van der Waals surface area (Å²) in [5.74, 6) is -1.16. The van der Waals surface area contributed by atoms with E-state index in [4.69, 9.17) is 14.7 Å². The summed E-state index contributed by atoms with van der Waals surface area (Å²) < 4.78 is 37.5. The van der Waals surface area contributed by atoms with Gasteiger partial charge in [-0.3, -0.25) is 4.79 Å². The molecule has 2 rings (SSSR count). The van der Waals surface area contributed by atoms with Gasteiger partial charge >= 0.3 is 0 Å². The molecule has 1 amide bonds. The van der Waals surface area contributed by atoms with Gasteiger partial charge in [-0.05, 0) is 36.2 Å². The molecule has 0 bridgehead atoms. The van der Waals surface area contributed by atoms with E-state index in [1.807, 2.05) is 6.07 Å². The lowest BCUT2D eigenvalue weighted by Gasteiger charge is -2.10. The fourth-order valence-corrected chi connectivity index (χ4v) is 2.38. The minimum absolute atomic E-state index is 0.251. The molecule has 0 heterocycles. The highest BCUT2D eigenvalue weighted by Crippen LogP contribution is 2.27. The Kier molecular flexibility index (Phi) is 7.34. The highest BCUT2D eigenvalue weighted by molar-refractivity contribution is 5.97. The predicted molar refractivity (Wildman–Crippen MR) is 99.9 cm³/mol. The Balaban J connectivity index is 1.96. The number of carbonyl (C=O) groups is 1. The van der Waals surface area contributed by atoms with Gasteiger partial charge in [0, 0.05) is 12.7 Å². The first-order valence-electron chi connectivity index (χ1n) is 8.30. The zero-order valence-electron chi connectivity index (χ0n) is 15.4. The molecule has 6 nitrogen and oxygen atoms in total. The van der Waals surface area contributed by atoms with E-state index in [2.05, 4.69) is 10.6 Å². The highest BCUT2D eigenvalue weighted by atomic mass is 19.1. The molecule has 0 aromatic heterocycles. The molecular weight excluding hydrogens is 368 g/mol. The fraction of sp³-hybridized carbons (Fsp3) is 0.200. The summed E-state index contributed by atoms with van der Waals surface area (Å²) in [6.07, 6.45) is 1.45. The van der Waals surface area contributed by atoms with Crippen LogP contribution < -0.4 is 20.1 Å². The first-order chi connectivity index (χ1) is 13.5. The number of nitrogens with one attached hydrogen (secondary N) is 2. The van der Waals surface area contributed by atoms with Gasteiger partial charge in [0.25, 0.3) is 5.91 Å². The van der Waals surface area contributed by atoms with Crippen LogP contribution in [0.1, 0.15) is 5.56 Å². The number of ether oxygens (including phenoxy) is 2. The molecule has 0 saturated carbocycles. The Labute approximate surface area is 161 Å². The van der Waals surface area contributed by atoms with Crippen molar-refractivity contribution >= 4 is 11.6 Å². The van der Waals surface area contributed by atoms with Crippen LogP contribution in [0.2, 0.25) is 0 Å². The lowest BCUT2D eigenvalue weighted by Crippen LogP contribution is -2.27. The van der Waals surface area contributed by atoms with Crippen LogP contribution in [0.5, 0.6) is 11.5 Å². The molecule has 0 aliphatic carbocycles. The molecule has 8 heteroatoms. The molecule has 2 aromatic rings. The van der Waals surface area contributed by atoms with Crippen molar-refractivity contribution in [2.45, 2.75) is 6.42 Å². The number of nitriles is 1. The Morgan fingerprint density at radius 3 is 2.43 bits per heavy atom. The number of halogens is 2. The van der Waals surface area contributed by atoms with Crippen molar-refractivity contribution in [3.63, 3.8) is 0 Å². The van der Waals surface area contributed by atoms with Crippen LogP contribution in [0.25, 0.3) is 0 Å². The number of carbonyl (C=O) groups excluding carboxylic acids is 1. The lowest BCUT2D eigenvalue weighted by atomic mass is 10.1. The number of hydrogen-bond donors (Lipinski definition) is 2. The van der Waals surface area contributed by atoms with E-state index >= 15 is 0 Å². The van der Waals surface area contributed by atoms with E-state index in [0.29, 0.717) is 17.9 Å². The Morgan fingerprint density at radius 1 is 1.14 bits per heavy atom. The lowest BCUT2D eigenvalue weighted by molar-refractivity contribution is -0.117. The third-order valence-electron chi connectivity index (χ3n) is 3.84. The maximum Gasteiger partial charge on any atom is 0.263 e. The number of nitrogens with zero attached hydrogens (tertiary/aromatic N) is 1. The molecule has 0 atom stereocenters. The smallest absolute Gasteiger partial charge is 0.263 e. The van der Waals surface area contributed by atoms with Gasteiger partial charge in [-0.2, -0.15) is 5.26 Å². The van der Waals surface area contributed by atoms with Crippen LogP contribution in [0.3, 0.4) is 0 Å². The van der Waals surface area contributed by atoms with Crippen LogP contribution in [0.4, 0.5) is 14.5 Å². The second-order valence-electron chi connectivity index (χ2n) is 5.61. The van der Waals surface area contributed by atoms with Crippen LogP contribution in [-0.4, -0.2) is 26.7 Å². The van der Waals surface area contributed by atoms with Crippen molar-refractivity contribution in [3.8, 4) is 17.6 Å². The molecule has 2 N–H and O–H groups in total. The van der Waals surface area contributed by atoms with Gasteiger partial charge < -0.3 is 20.1 Å². The molecule has 0 unspecified atom stereocenters. The minimum Gasteiger partial charge on any atom is -0.493 e. The van der Waals surface area contributed by atoms with Crippen LogP contribution in [0, 0.1) is 23.0 Å². The zero-order chi connectivity index (χ0) is 20.5. The van der Waals surface area contributed by atoms with E-state index in [0.717, 1.165) is 23.9 Å². The van der Waals surface area contributed by atoms with Crippen LogP contribution in [-0.2, 0) is 11.2 Å². The summed E-state index contributed by atoms with van der Waals surface area (Å²) >= 11 is 0. The van der Waals surface area contributed by atoms with Gasteiger partial charge in [-0.15, -0.1) is 0 Å². The zero-order valence-corrected chi connectivity index (χ0v) is 15.4. The van der Waals surface area contributed by atoms with Gasteiger partial charge in [0.2, 0.25) is 0 Å². The quantitative estimate of drug-likeness (QED) is 0.537. The number of benzene rings is 2. The Morgan fingerprint density at radius 2 is 1.82 bits per heavy atom. The van der Waals surface area contributed by atoms with E-state index in [1.165, 1.54) is 20.3 Å². The van der Waals surface area contributed by atoms with Crippen molar-refractivity contribution in [2.24, 2.45) is 0 Å². The first-order valence-corrected chi connectivity index (χ1v) is 8.30. The van der Waals surface area contributed by atoms with Crippen molar-refractivity contribution in [1.82, 2.24) is 5.32 Å². The number of methoxy groups -OCH3 is 2. The topological polar surface area (TPSA) is 83.4 Å². The van der Waals surface area contributed by atoms with E-state index < -0.39 is 23.2 Å². The third-order valence-corrected chi connectivity index (χ3v) is 3.84. The largest absolute Gasteiger partial charge is 0.493 e. The molecule has 0 radical (unpaired) electrons. The van der Waals surface area contributed by atoms with Crippen molar-refractivity contribution in [1.29, 1.82) is 5.26 Å². The molecule has 2 aromatic carbocycles. The van der Waals surface area contributed by atoms with E-state index in [-0.39, 0.29) is 12.1 Å². The summed E-state index contributed by atoms with van der Waals surface area (Å²) in [6.45, 7) is 0.251. The van der Waals surface area contributed by atoms with Gasteiger partial charge in [-0.1, -0.05) is 12.1 Å². The van der Waals surface area contributed by atoms with Gasteiger partial charge in [-0.25, -0.2) is 8.78 Å². The van der Waals surface area contributed by atoms with Crippen LogP contribution in [0.15, 0.2) is 48.2 Å². The average Bonchev–Trinajstić information content (AvgIpc) is 2.70. The molecule has 0 spiro atoms. The van der Waals surface area contributed by atoms with Gasteiger partial charge in [0.05, 0.1) is 14.2 Å². The summed E-state index contributed by atoms with van der Waals surface area (Å²) in [5, 5.41) is 14.0. The van der Waals surface area contributed by atoms with Crippen LogP contribution >= 0.6 is 0 Å². The number of amides is 1. The summed E-state index contributed by atoms with van der Waals surface area (Å²) in [5.41, 5.74) is 0.148. The Bertz CT molecular complexity index is 903. The maximum absolute atomic E-state index is 13.6. The molecule has 0 fully saturated rings.